The molecule has 12 aromatic rings. The second-order valence-corrected chi connectivity index (χ2v) is 26.4. The van der Waals surface area contributed by atoms with Crippen molar-refractivity contribution in [3.63, 3.8) is 0 Å². The Morgan fingerprint density at radius 3 is 0.730 bits per heavy atom. The average Bonchev–Trinajstić information content (AvgIpc) is 1.67. The second kappa shape index (κ2) is 21.5. The van der Waals surface area contributed by atoms with Gasteiger partial charge in [0.1, 0.15) is 0 Å². The Labute approximate surface area is 526 Å². The molecule has 89 heavy (non-hydrogen) atoms. The van der Waals surface area contributed by atoms with Crippen LogP contribution in [0.2, 0.25) is 0 Å². The van der Waals surface area contributed by atoms with Gasteiger partial charge < -0.3 is 9.80 Å². The zero-order chi connectivity index (χ0) is 60.8. The van der Waals surface area contributed by atoms with Gasteiger partial charge in [0.2, 0.25) is 0 Å². The van der Waals surface area contributed by atoms with Crippen LogP contribution in [0.4, 0.5) is 34.1 Å². The number of hydrogen-bond donors (Lipinski definition) is 0. The Bertz CT molecular complexity index is 4460. The molecule has 2 heteroatoms. The molecule has 12 aromatic carbocycles. The molecule has 0 bridgehead atoms. The van der Waals surface area contributed by atoms with E-state index in [2.05, 4.69) is 356 Å². The first-order valence-electron chi connectivity index (χ1n) is 31.4. The third kappa shape index (κ3) is 9.76. The van der Waals surface area contributed by atoms with Gasteiger partial charge in [0, 0.05) is 50.4 Å². The van der Waals surface area contributed by atoms with Crippen LogP contribution in [0.1, 0.15) is 108 Å². The van der Waals surface area contributed by atoms with E-state index in [-0.39, 0.29) is 16.2 Å². The lowest BCUT2D eigenvalue weighted by atomic mass is 9.81. The van der Waals surface area contributed by atoms with E-state index in [4.69, 9.17) is 0 Å². The number of hydrogen-bond acceptors (Lipinski definition) is 2. The maximum absolute atomic E-state index is 2.43. The third-order valence-corrected chi connectivity index (χ3v) is 19.6. The van der Waals surface area contributed by atoms with E-state index in [0.29, 0.717) is 0 Å². The second-order valence-electron chi connectivity index (χ2n) is 26.4. The van der Waals surface area contributed by atoms with Crippen molar-refractivity contribution in [3.8, 4) is 55.6 Å². The number of anilines is 6. The van der Waals surface area contributed by atoms with E-state index >= 15 is 0 Å². The summed E-state index contributed by atoms with van der Waals surface area (Å²) in [5.41, 5.74) is 34.5. The highest BCUT2D eigenvalue weighted by molar-refractivity contribution is 5.91. The highest BCUT2D eigenvalue weighted by Gasteiger charge is 2.39. The van der Waals surface area contributed by atoms with Crippen LogP contribution in [-0.4, -0.2) is 0 Å². The Balaban J connectivity index is 0.655. The quantitative estimate of drug-likeness (QED) is 0.113. The number of nitrogens with zero attached hydrogens (tertiary/aromatic N) is 2. The molecule has 0 aliphatic heterocycles. The molecule has 15 rings (SSSR count). The summed E-state index contributed by atoms with van der Waals surface area (Å²) in [5, 5.41) is 0. The minimum absolute atomic E-state index is 0.163. The van der Waals surface area contributed by atoms with Gasteiger partial charge in [-0.3, -0.25) is 0 Å². The van der Waals surface area contributed by atoms with Crippen LogP contribution in [0.3, 0.4) is 0 Å². The van der Waals surface area contributed by atoms with Crippen molar-refractivity contribution >= 4 is 58.4 Å². The molecule has 0 fully saturated rings. The van der Waals surface area contributed by atoms with Gasteiger partial charge in [-0.2, -0.15) is 0 Å². The molecule has 0 radical (unpaired) electrons. The van der Waals surface area contributed by atoms with Crippen molar-refractivity contribution in [2.24, 2.45) is 0 Å². The van der Waals surface area contributed by atoms with E-state index in [9.17, 15) is 0 Å². The Morgan fingerprint density at radius 1 is 0.225 bits per heavy atom. The first kappa shape index (κ1) is 55.3. The number of fused-ring (bicyclic) bond motifs is 9. The zero-order valence-electron chi connectivity index (χ0n) is 52.1. The molecule has 430 valence electrons. The summed E-state index contributed by atoms with van der Waals surface area (Å²) >= 11 is 0. The predicted octanol–water partition coefficient (Wildman–Crippen LogP) is 23.8. The van der Waals surface area contributed by atoms with E-state index in [0.717, 1.165) is 34.1 Å². The van der Waals surface area contributed by atoms with Crippen molar-refractivity contribution in [1.29, 1.82) is 0 Å². The summed E-state index contributed by atoms with van der Waals surface area (Å²) in [7, 11) is 0. The summed E-state index contributed by atoms with van der Waals surface area (Å²) in [5.74, 6) is 0. The lowest BCUT2D eigenvalue weighted by Crippen LogP contribution is -2.16. The van der Waals surface area contributed by atoms with E-state index in [1.165, 1.54) is 122 Å². The van der Waals surface area contributed by atoms with Crippen molar-refractivity contribution in [1.82, 2.24) is 0 Å². The molecule has 2 nitrogen and oxygen atoms in total. The molecule has 0 amide bonds. The topological polar surface area (TPSA) is 6.48 Å². The predicted molar refractivity (Wildman–Crippen MR) is 380 cm³/mol. The molecule has 0 unspecified atom stereocenters. The summed E-state index contributed by atoms with van der Waals surface area (Å²) in [4.78, 5) is 4.79. The van der Waals surface area contributed by atoms with Crippen LogP contribution in [0.25, 0.3) is 79.9 Å². The number of benzene rings is 12. The van der Waals surface area contributed by atoms with Crippen molar-refractivity contribution in [2.75, 3.05) is 9.80 Å². The molecule has 0 aromatic heterocycles. The molecule has 0 saturated carbocycles. The Morgan fingerprint density at radius 2 is 0.449 bits per heavy atom. The first-order chi connectivity index (χ1) is 43.1. The standard InChI is InChI=1S/C87H72N2/c1-57-19-35-67(36-20-57)88(69-39-31-65(32-40-69)63-15-11-9-12-16-63)71-43-49-77-75-47-29-61(53-81(75)86(5,6)83(77)55-71)25-23-59-27-45-73-74-46-28-60(52-80(74)85(3,4)79(73)51-59)24-26-62-30-48-76-78-50-44-72(56-84(78)87(7,8)82(76)54-62)89(68-37-21-58(2)22-38-68)70-41-33-66(34-42-70)64-17-13-10-14-18-64/h9-56H,1-8H3. The van der Waals surface area contributed by atoms with Crippen LogP contribution in [0, 0.1) is 13.8 Å². The molecule has 3 aliphatic rings. The first-order valence-corrected chi connectivity index (χ1v) is 31.4. The third-order valence-electron chi connectivity index (χ3n) is 19.6. The smallest absolute Gasteiger partial charge is 0.0465 e. The zero-order valence-corrected chi connectivity index (χ0v) is 52.1. The number of rotatable bonds is 12. The summed E-state index contributed by atoms with van der Waals surface area (Å²) < 4.78 is 0. The maximum atomic E-state index is 2.43. The minimum atomic E-state index is -0.196. The molecule has 0 spiro atoms. The molecule has 3 aliphatic carbocycles. The SMILES string of the molecule is Cc1ccc(N(c2ccc(-c3ccccc3)cc2)c2ccc3c(c2)C(C)(C)c2cc(C=Cc4ccc5c(c4)C(C)(C)c4cc(C=Cc6ccc7c(c6)C(C)(C)c6cc(N(c8ccc(C)cc8)c8ccc(-c9ccccc9)cc8)ccc6-7)ccc4-5)ccc2-3)cc1. The van der Waals surface area contributed by atoms with Gasteiger partial charge in [0.25, 0.3) is 0 Å². The molecular weight excluding hydrogens is 1070 g/mol. The number of aryl methyl sites for hydroxylation is 2. The van der Waals surface area contributed by atoms with Crippen LogP contribution >= 0.6 is 0 Å². The summed E-state index contributed by atoms with van der Waals surface area (Å²) in [6.07, 6.45) is 9.19. The average molecular weight is 1150 g/mol. The molecule has 0 atom stereocenters. The lowest BCUT2D eigenvalue weighted by molar-refractivity contribution is 0.660. The van der Waals surface area contributed by atoms with Crippen molar-refractivity contribution in [2.45, 2.75) is 71.6 Å². The van der Waals surface area contributed by atoms with E-state index in [1.54, 1.807) is 0 Å². The van der Waals surface area contributed by atoms with E-state index in [1.807, 2.05) is 0 Å². The maximum Gasteiger partial charge on any atom is 0.0465 e. The monoisotopic (exact) mass is 1140 g/mol. The van der Waals surface area contributed by atoms with Gasteiger partial charge in [-0.25, -0.2) is 0 Å². The van der Waals surface area contributed by atoms with Gasteiger partial charge >= 0.3 is 0 Å². The highest BCUT2D eigenvalue weighted by Crippen LogP contribution is 2.54. The fourth-order valence-electron chi connectivity index (χ4n) is 14.5. The van der Waals surface area contributed by atoms with Crippen LogP contribution in [0.5, 0.6) is 0 Å². The molecular formula is C87H72N2. The molecule has 0 heterocycles. The molecule has 0 N–H and O–H groups in total. The normalized spacial score (nSPS) is 14.2. The van der Waals surface area contributed by atoms with Crippen molar-refractivity contribution < 1.29 is 0 Å². The van der Waals surface area contributed by atoms with Gasteiger partial charge in [-0.05, 0) is 198 Å². The Hall–Kier alpha value is -10.3. The van der Waals surface area contributed by atoms with Crippen molar-refractivity contribution in [3.05, 3.63) is 334 Å². The largest absolute Gasteiger partial charge is 0.310 e. The lowest BCUT2D eigenvalue weighted by Gasteiger charge is -2.28. The van der Waals surface area contributed by atoms with Gasteiger partial charge in [-0.15, -0.1) is 0 Å². The highest BCUT2D eigenvalue weighted by atomic mass is 15.1. The van der Waals surface area contributed by atoms with Gasteiger partial charge in [0.15, 0.2) is 0 Å². The summed E-state index contributed by atoms with van der Waals surface area (Å²) in [6.45, 7) is 18.6. The fourth-order valence-corrected chi connectivity index (χ4v) is 14.5. The fraction of sp³-hybridized carbons (Fsp3) is 0.126. The van der Waals surface area contributed by atoms with Crippen LogP contribution in [-0.2, 0) is 16.2 Å². The minimum Gasteiger partial charge on any atom is -0.310 e. The van der Waals surface area contributed by atoms with Gasteiger partial charge in [-0.1, -0.05) is 271 Å². The summed E-state index contributed by atoms with van der Waals surface area (Å²) in [6, 6.07) is 99.3. The van der Waals surface area contributed by atoms with Crippen LogP contribution in [0.15, 0.2) is 267 Å². The van der Waals surface area contributed by atoms with E-state index < -0.39 is 0 Å². The van der Waals surface area contributed by atoms with Crippen LogP contribution < -0.4 is 9.80 Å². The van der Waals surface area contributed by atoms with Gasteiger partial charge in [0.05, 0.1) is 0 Å². The molecule has 0 saturated heterocycles. The Kier molecular flexibility index (Phi) is 13.4.